The van der Waals surface area contributed by atoms with Crippen molar-refractivity contribution in [3.8, 4) is 0 Å². The zero-order valence-electron chi connectivity index (χ0n) is 14.7. The molecule has 1 fully saturated rings. The lowest BCUT2D eigenvalue weighted by Crippen LogP contribution is -2.36. The molecule has 1 aliphatic carbocycles. The van der Waals surface area contributed by atoms with Crippen LogP contribution in [0.5, 0.6) is 0 Å². The third-order valence-corrected chi connectivity index (χ3v) is 5.58. The van der Waals surface area contributed by atoms with Gasteiger partial charge in [-0.15, -0.1) is 0 Å². The fraction of sp³-hybridized carbons (Fsp3) is 0.409. The van der Waals surface area contributed by atoms with Crippen molar-refractivity contribution < 1.29 is 4.79 Å². The van der Waals surface area contributed by atoms with E-state index in [9.17, 15) is 4.79 Å². The zero-order chi connectivity index (χ0) is 17.1. The molecular formula is C22H26N2O. The van der Waals surface area contributed by atoms with Crippen LogP contribution in [0, 0.1) is 0 Å². The third kappa shape index (κ3) is 3.62. The van der Waals surface area contributed by atoms with Gasteiger partial charge in [0, 0.05) is 12.1 Å². The molecule has 0 spiro atoms. The average molecular weight is 334 g/mol. The molecule has 0 aromatic heterocycles. The number of likely N-dealkylation sites (tertiary alicyclic amines) is 1. The monoisotopic (exact) mass is 334 g/mol. The smallest absolute Gasteiger partial charge is 0.251 e. The molecule has 1 amide bonds. The number of nitrogens with zero attached hydrogens (tertiary/aromatic N) is 1. The molecule has 1 aliphatic heterocycles. The Bertz CT molecular complexity index is 735. The van der Waals surface area contributed by atoms with Gasteiger partial charge in [-0.2, -0.15) is 0 Å². The summed E-state index contributed by atoms with van der Waals surface area (Å²) in [7, 11) is 0. The van der Waals surface area contributed by atoms with Crippen molar-refractivity contribution >= 4 is 5.91 Å². The van der Waals surface area contributed by atoms with Gasteiger partial charge in [0.05, 0.1) is 6.04 Å². The van der Waals surface area contributed by atoms with Crippen LogP contribution >= 0.6 is 0 Å². The zero-order valence-corrected chi connectivity index (χ0v) is 14.7. The van der Waals surface area contributed by atoms with Gasteiger partial charge >= 0.3 is 0 Å². The molecule has 1 heterocycles. The summed E-state index contributed by atoms with van der Waals surface area (Å²) >= 11 is 0. The standard InChI is InChI=1S/C22H26N2O/c25-22(20-12-11-17-9-6-10-19(17)15-20)23-16-21(24-13-4-5-14-24)18-7-2-1-3-8-18/h1-3,7-8,11-12,15,21H,4-6,9-10,13-14,16H2,(H,23,25). The Morgan fingerprint density at radius 2 is 1.72 bits per heavy atom. The van der Waals surface area contributed by atoms with Crippen LogP contribution in [0.4, 0.5) is 0 Å². The van der Waals surface area contributed by atoms with Gasteiger partial charge in [-0.1, -0.05) is 36.4 Å². The molecule has 0 bridgehead atoms. The molecule has 0 radical (unpaired) electrons. The molecule has 2 aromatic carbocycles. The molecular weight excluding hydrogens is 308 g/mol. The van der Waals surface area contributed by atoms with E-state index in [-0.39, 0.29) is 11.9 Å². The van der Waals surface area contributed by atoms with Gasteiger partial charge < -0.3 is 5.32 Å². The Hall–Kier alpha value is -2.13. The van der Waals surface area contributed by atoms with E-state index in [4.69, 9.17) is 0 Å². The van der Waals surface area contributed by atoms with Crippen LogP contribution in [-0.4, -0.2) is 30.4 Å². The number of carbonyl (C=O) groups excluding carboxylic acids is 1. The second-order valence-electron chi connectivity index (χ2n) is 7.22. The molecule has 130 valence electrons. The Morgan fingerprint density at radius 1 is 0.960 bits per heavy atom. The van der Waals surface area contributed by atoms with E-state index >= 15 is 0 Å². The van der Waals surface area contributed by atoms with E-state index in [0.29, 0.717) is 6.54 Å². The van der Waals surface area contributed by atoms with Crippen molar-refractivity contribution in [1.82, 2.24) is 10.2 Å². The number of hydrogen-bond donors (Lipinski definition) is 1. The maximum absolute atomic E-state index is 12.7. The molecule has 25 heavy (non-hydrogen) atoms. The summed E-state index contributed by atoms with van der Waals surface area (Å²) in [4.78, 5) is 15.2. The SMILES string of the molecule is O=C(NCC(c1ccccc1)N1CCCC1)c1ccc2c(c1)CCC2. The summed E-state index contributed by atoms with van der Waals surface area (Å²) in [5.41, 5.74) is 4.86. The van der Waals surface area contributed by atoms with Crippen molar-refractivity contribution in [3.05, 3.63) is 70.8 Å². The molecule has 2 aromatic rings. The molecule has 1 saturated heterocycles. The average Bonchev–Trinajstić information content (AvgIpc) is 3.34. The maximum atomic E-state index is 12.7. The lowest BCUT2D eigenvalue weighted by Gasteiger charge is -2.28. The first-order chi connectivity index (χ1) is 12.3. The van der Waals surface area contributed by atoms with E-state index in [1.165, 1.54) is 36.0 Å². The first-order valence-corrected chi connectivity index (χ1v) is 9.50. The normalized spacial score (nSPS) is 18.1. The van der Waals surface area contributed by atoms with Gasteiger partial charge in [-0.25, -0.2) is 0 Å². The molecule has 3 heteroatoms. The molecule has 3 nitrogen and oxygen atoms in total. The highest BCUT2D eigenvalue weighted by atomic mass is 16.1. The highest BCUT2D eigenvalue weighted by molar-refractivity contribution is 5.94. The largest absolute Gasteiger partial charge is 0.350 e. The van der Waals surface area contributed by atoms with Crippen molar-refractivity contribution in [2.24, 2.45) is 0 Å². The fourth-order valence-electron chi connectivity index (χ4n) is 4.19. The fourth-order valence-corrected chi connectivity index (χ4v) is 4.19. The van der Waals surface area contributed by atoms with Gasteiger partial charge in [-0.05, 0) is 74.0 Å². The van der Waals surface area contributed by atoms with Gasteiger partial charge in [0.2, 0.25) is 0 Å². The summed E-state index contributed by atoms with van der Waals surface area (Å²) < 4.78 is 0. The van der Waals surface area contributed by atoms with E-state index in [2.05, 4.69) is 46.6 Å². The summed E-state index contributed by atoms with van der Waals surface area (Å²) in [6.07, 6.45) is 5.98. The van der Waals surface area contributed by atoms with Gasteiger partial charge in [0.25, 0.3) is 5.91 Å². The van der Waals surface area contributed by atoms with Gasteiger partial charge in [0.15, 0.2) is 0 Å². The number of hydrogen-bond acceptors (Lipinski definition) is 2. The Kier molecular flexibility index (Phi) is 4.84. The van der Waals surface area contributed by atoms with Crippen molar-refractivity contribution in [2.75, 3.05) is 19.6 Å². The Labute approximate surface area is 150 Å². The topological polar surface area (TPSA) is 32.3 Å². The molecule has 1 N–H and O–H groups in total. The number of nitrogens with one attached hydrogen (secondary N) is 1. The van der Waals surface area contributed by atoms with Crippen LogP contribution in [0.15, 0.2) is 48.5 Å². The number of carbonyl (C=O) groups is 1. The summed E-state index contributed by atoms with van der Waals surface area (Å²) in [5, 5.41) is 3.19. The summed E-state index contributed by atoms with van der Waals surface area (Å²) in [6, 6.07) is 17.0. The minimum absolute atomic E-state index is 0.0508. The van der Waals surface area contributed by atoms with Crippen LogP contribution in [0.2, 0.25) is 0 Å². The van der Waals surface area contributed by atoms with Crippen LogP contribution in [0.25, 0.3) is 0 Å². The highest BCUT2D eigenvalue weighted by Crippen LogP contribution is 2.25. The summed E-state index contributed by atoms with van der Waals surface area (Å²) in [6.45, 7) is 2.91. The van der Waals surface area contributed by atoms with Crippen molar-refractivity contribution in [2.45, 2.75) is 38.1 Å². The van der Waals surface area contributed by atoms with E-state index in [1.54, 1.807) is 0 Å². The first kappa shape index (κ1) is 16.3. The number of rotatable bonds is 5. The van der Waals surface area contributed by atoms with Gasteiger partial charge in [-0.3, -0.25) is 9.69 Å². The minimum atomic E-state index is 0.0508. The van der Waals surface area contributed by atoms with E-state index < -0.39 is 0 Å². The molecule has 4 rings (SSSR count). The predicted octanol–water partition coefficient (Wildman–Crippen LogP) is 3.74. The maximum Gasteiger partial charge on any atom is 0.251 e. The lowest BCUT2D eigenvalue weighted by molar-refractivity contribution is 0.0938. The summed E-state index contributed by atoms with van der Waals surface area (Å²) in [5.74, 6) is 0.0508. The Morgan fingerprint density at radius 3 is 2.52 bits per heavy atom. The van der Waals surface area contributed by atoms with Crippen molar-refractivity contribution in [3.63, 3.8) is 0 Å². The van der Waals surface area contributed by atoms with Crippen LogP contribution in [0.1, 0.15) is 52.4 Å². The minimum Gasteiger partial charge on any atom is -0.350 e. The number of amides is 1. The number of aryl methyl sites for hydroxylation is 2. The molecule has 1 unspecified atom stereocenters. The number of fused-ring (bicyclic) bond motifs is 1. The Balaban J connectivity index is 1.46. The van der Waals surface area contributed by atoms with E-state index in [1.807, 2.05) is 12.1 Å². The third-order valence-electron chi connectivity index (χ3n) is 5.58. The second kappa shape index (κ2) is 7.40. The van der Waals surface area contributed by atoms with Crippen LogP contribution in [0.3, 0.4) is 0 Å². The highest BCUT2D eigenvalue weighted by Gasteiger charge is 2.24. The number of benzene rings is 2. The predicted molar refractivity (Wildman–Crippen MR) is 101 cm³/mol. The van der Waals surface area contributed by atoms with Crippen molar-refractivity contribution in [1.29, 1.82) is 0 Å². The molecule has 0 saturated carbocycles. The lowest BCUT2D eigenvalue weighted by atomic mass is 10.0. The second-order valence-corrected chi connectivity index (χ2v) is 7.22. The van der Waals surface area contributed by atoms with Crippen LogP contribution < -0.4 is 5.32 Å². The first-order valence-electron chi connectivity index (χ1n) is 9.50. The molecule has 2 aliphatic rings. The van der Waals surface area contributed by atoms with E-state index in [0.717, 1.165) is 31.5 Å². The molecule has 1 atom stereocenters. The van der Waals surface area contributed by atoms with Crippen LogP contribution in [-0.2, 0) is 12.8 Å². The van der Waals surface area contributed by atoms with Gasteiger partial charge in [0.1, 0.15) is 0 Å². The quantitative estimate of drug-likeness (QED) is 0.903.